The Labute approximate surface area is 401 Å². The molecule has 0 fully saturated rings. The monoisotopic (exact) mass is 883 g/mol. The van der Waals surface area contributed by atoms with E-state index in [0.717, 1.165) is 22.6 Å². The maximum absolute atomic E-state index is 2.50. The molecule has 0 amide bonds. The molecule has 13 rings (SSSR count). The van der Waals surface area contributed by atoms with Crippen LogP contribution in [0.4, 0.5) is 17.1 Å². The van der Waals surface area contributed by atoms with E-state index in [9.17, 15) is 0 Å². The van der Waals surface area contributed by atoms with E-state index >= 15 is 0 Å². The third kappa shape index (κ3) is 6.29. The summed E-state index contributed by atoms with van der Waals surface area (Å²) in [6, 6.07) is 94.0. The van der Waals surface area contributed by atoms with Crippen molar-refractivity contribution in [2.24, 2.45) is 0 Å². The molecule has 0 aliphatic heterocycles. The number of benzene rings is 11. The molecular formula is C66H45NS. The van der Waals surface area contributed by atoms with Crippen LogP contribution in [-0.2, 0) is 5.41 Å². The minimum Gasteiger partial charge on any atom is -0.309 e. The lowest BCUT2D eigenvalue weighted by molar-refractivity contribution is 0.714. The summed E-state index contributed by atoms with van der Waals surface area (Å²) in [6.45, 7) is 2.39. The van der Waals surface area contributed by atoms with Gasteiger partial charge in [0.25, 0.3) is 0 Å². The summed E-state index contributed by atoms with van der Waals surface area (Å²) in [4.78, 5) is 2.50. The van der Waals surface area contributed by atoms with Crippen LogP contribution >= 0.6 is 11.3 Å². The minimum absolute atomic E-state index is 0.271. The molecule has 12 aromatic rings. The maximum Gasteiger partial charge on any atom is 0.0540 e. The van der Waals surface area contributed by atoms with Gasteiger partial charge < -0.3 is 4.90 Å². The molecule has 0 radical (unpaired) electrons. The Morgan fingerprint density at radius 2 is 0.868 bits per heavy atom. The summed E-state index contributed by atoms with van der Waals surface area (Å²) < 4.78 is 2.60. The third-order valence-corrected chi connectivity index (χ3v) is 15.6. The van der Waals surface area contributed by atoms with Crippen LogP contribution in [0, 0.1) is 0 Å². The van der Waals surface area contributed by atoms with E-state index in [2.05, 4.69) is 267 Å². The van der Waals surface area contributed by atoms with Crippen LogP contribution in [-0.4, -0.2) is 0 Å². The van der Waals surface area contributed by atoms with Crippen LogP contribution in [0.3, 0.4) is 0 Å². The topological polar surface area (TPSA) is 3.24 Å². The van der Waals surface area contributed by atoms with Crippen molar-refractivity contribution in [2.45, 2.75) is 12.3 Å². The van der Waals surface area contributed by atoms with Gasteiger partial charge in [-0.25, -0.2) is 0 Å². The Hall–Kier alpha value is -8.30. The lowest BCUT2D eigenvalue weighted by Gasteiger charge is -2.30. The van der Waals surface area contributed by atoms with E-state index in [-0.39, 0.29) is 5.41 Å². The average molecular weight is 884 g/mol. The van der Waals surface area contributed by atoms with Crippen molar-refractivity contribution in [3.05, 3.63) is 271 Å². The molecule has 0 spiro atoms. The molecular weight excluding hydrogens is 839 g/mol. The van der Waals surface area contributed by atoms with Crippen LogP contribution in [0.1, 0.15) is 23.6 Å². The SMILES string of the molecule is CC1(c2ccccc2)c2ccccc2-c2c(-c3ccc(N(c4ccccc4-c4cccc5c4sc4ccccc45)c4ccccc4-c4cccc5cccc(-c6ccccc6)c45)cc3)cccc21. The summed E-state index contributed by atoms with van der Waals surface area (Å²) in [7, 11) is 0. The minimum atomic E-state index is -0.271. The fraction of sp³-hybridized carbons (Fsp3) is 0.0303. The molecule has 11 aromatic carbocycles. The molecule has 0 N–H and O–H groups in total. The van der Waals surface area contributed by atoms with Crippen LogP contribution in [0.2, 0.25) is 0 Å². The molecule has 2 heteroatoms. The summed E-state index contributed by atoms with van der Waals surface area (Å²) in [5, 5.41) is 5.05. The first kappa shape index (κ1) is 40.0. The first-order valence-electron chi connectivity index (χ1n) is 23.5. The van der Waals surface area contributed by atoms with Gasteiger partial charge in [0.2, 0.25) is 0 Å². The smallest absolute Gasteiger partial charge is 0.0540 e. The van der Waals surface area contributed by atoms with Crippen molar-refractivity contribution < 1.29 is 0 Å². The Morgan fingerprint density at radius 1 is 0.353 bits per heavy atom. The van der Waals surface area contributed by atoms with Gasteiger partial charge in [-0.15, -0.1) is 11.3 Å². The number of thiophene rings is 1. The second-order valence-electron chi connectivity index (χ2n) is 18.0. The number of rotatable bonds is 8. The molecule has 1 heterocycles. The Morgan fingerprint density at radius 3 is 1.63 bits per heavy atom. The summed E-state index contributed by atoms with van der Waals surface area (Å²) >= 11 is 1.88. The summed E-state index contributed by atoms with van der Waals surface area (Å²) in [6.07, 6.45) is 0. The first-order valence-corrected chi connectivity index (χ1v) is 24.3. The molecule has 0 saturated carbocycles. The highest BCUT2D eigenvalue weighted by Gasteiger charge is 2.41. The zero-order valence-electron chi connectivity index (χ0n) is 37.6. The van der Waals surface area contributed by atoms with Crippen LogP contribution in [0.5, 0.6) is 0 Å². The summed E-state index contributed by atoms with van der Waals surface area (Å²) in [5.74, 6) is 0. The molecule has 68 heavy (non-hydrogen) atoms. The molecule has 320 valence electrons. The zero-order valence-corrected chi connectivity index (χ0v) is 38.4. The molecule has 1 aliphatic rings. The Balaban J connectivity index is 1.03. The predicted octanol–water partition coefficient (Wildman–Crippen LogP) is 18.7. The largest absolute Gasteiger partial charge is 0.309 e. The number of fused-ring (bicyclic) bond motifs is 7. The lowest BCUT2D eigenvalue weighted by Crippen LogP contribution is -2.22. The second kappa shape index (κ2) is 16.2. The van der Waals surface area contributed by atoms with Gasteiger partial charge in [-0.05, 0) is 104 Å². The van der Waals surface area contributed by atoms with E-state index in [1.165, 1.54) is 97.7 Å². The van der Waals surface area contributed by atoms with Crippen LogP contribution < -0.4 is 4.90 Å². The predicted molar refractivity (Wildman–Crippen MR) is 291 cm³/mol. The highest BCUT2D eigenvalue weighted by molar-refractivity contribution is 7.26. The van der Waals surface area contributed by atoms with Gasteiger partial charge in [0.1, 0.15) is 0 Å². The molecule has 1 aromatic heterocycles. The van der Waals surface area contributed by atoms with Crippen molar-refractivity contribution in [2.75, 3.05) is 4.90 Å². The van der Waals surface area contributed by atoms with Crippen molar-refractivity contribution in [3.63, 3.8) is 0 Å². The Kier molecular flexibility index (Phi) is 9.56. The number of para-hydroxylation sites is 2. The highest BCUT2D eigenvalue weighted by atomic mass is 32.1. The first-order chi connectivity index (χ1) is 33.6. The summed E-state index contributed by atoms with van der Waals surface area (Å²) in [5.41, 5.74) is 19.3. The normalized spacial score (nSPS) is 14.0. The van der Waals surface area contributed by atoms with Gasteiger partial charge in [-0.2, -0.15) is 0 Å². The fourth-order valence-corrected chi connectivity index (χ4v) is 12.5. The van der Waals surface area contributed by atoms with E-state index < -0.39 is 0 Å². The van der Waals surface area contributed by atoms with Gasteiger partial charge in [-0.3, -0.25) is 0 Å². The van der Waals surface area contributed by atoms with E-state index in [1.54, 1.807) is 0 Å². The van der Waals surface area contributed by atoms with Gasteiger partial charge in [-0.1, -0.05) is 224 Å². The molecule has 0 bridgehead atoms. The zero-order chi connectivity index (χ0) is 45.2. The van der Waals surface area contributed by atoms with Crippen molar-refractivity contribution in [1.82, 2.24) is 0 Å². The number of hydrogen-bond donors (Lipinski definition) is 0. The number of nitrogens with zero attached hydrogens (tertiary/aromatic N) is 1. The molecule has 1 unspecified atom stereocenters. The molecule has 0 saturated heterocycles. The second-order valence-corrected chi connectivity index (χ2v) is 19.1. The maximum atomic E-state index is 2.50. The number of hydrogen-bond acceptors (Lipinski definition) is 2. The van der Waals surface area contributed by atoms with Crippen molar-refractivity contribution >= 4 is 59.3 Å². The Bertz CT molecular complexity index is 3860. The average Bonchev–Trinajstić information content (AvgIpc) is 3.93. The highest BCUT2D eigenvalue weighted by Crippen LogP contribution is 2.56. The standard InChI is InChI=1S/C66H45NS/c1-66(47-24-6-3-7-25-47)58-35-12-8-29-57(58)64-50(31-19-36-59(64)66)45-40-42-48(43-41-45)67(61-38-14-10-27-52(61)55-33-18-34-56-53-28-11-15-39-62(53)68-65(55)56)60-37-13-9-26-51(60)54-32-17-23-46-22-16-30-49(63(46)54)44-20-4-2-5-21-44/h2-43H,1H3. The van der Waals surface area contributed by atoms with Crippen molar-refractivity contribution in [3.8, 4) is 55.6 Å². The van der Waals surface area contributed by atoms with E-state index in [4.69, 9.17) is 0 Å². The van der Waals surface area contributed by atoms with Crippen LogP contribution in [0.15, 0.2) is 255 Å². The van der Waals surface area contributed by atoms with E-state index in [0.29, 0.717) is 0 Å². The van der Waals surface area contributed by atoms with Crippen molar-refractivity contribution in [1.29, 1.82) is 0 Å². The third-order valence-electron chi connectivity index (χ3n) is 14.4. The quantitative estimate of drug-likeness (QED) is 0.147. The molecule has 1 nitrogen and oxygen atoms in total. The molecule has 1 aliphatic carbocycles. The lowest BCUT2D eigenvalue weighted by atomic mass is 9.74. The van der Waals surface area contributed by atoms with E-state index in [1.807, 2.05) is 11.3 Å². The van der Waals surface area contributed by atoms with Gasteiger partial charge in [0, 0.05) is 48.0 Å². The van der Waals surface area contributed by atoms with Gasteiger partial charge in [0.05, 0.1) is 11.4 Å². The number of anilines is 3. The van der Waals surface area contributed by atoms with Gasteiger partial charge >= 0.3 is 0 Å². The van der Waals surface area contributed by atoms with Gasteiger partial charge in [0.15, 0.2) is 0 Å². The van der Waals surface area contributed by atoms with Crippen LogP contribution in [0.25, 0.3) is 86.6 Å². The fourth-order valence-electron chi connectivity index (χ4n) is 11.2. The molecule has 1 atom stereocenters.